The van der Waals surface area contributed by atoms with E-state index in [0.29, 0.717) is 45.4 Å². The first kappa shape index (κ1) is 41.6. The number of ether oxygens (including phenoxy) is 7. The van der Waals surface area contributed by atoms with Crippen molar-refractivity contribution in [3.05, 3.63) is 208 Å². The maximum absolute atomic E-state index is 7.33. The lowest BCUT2D eigenvalue weighted by atomic mass is 9.89. The van der Waals surface area contributed by atoms with Gasteiger partial charge in [-0.2, -0.15) is 0 Å². The number of fused-ring (bicyclic) bond motifs is 1. The van der Waals surface area contributed by atoms with Crippen molar-refractivity contribution in [2.24, 2.45) is 0 Å². The normalized spacial score (nSPS) is 19.1. The highest BCUT2D eigenvalue weighted by molar-refractivity contribution is 7.19. The number of hydrogen-bond donors (Lipinski definition) is 0. The first-order valence-corrected chi connectivity index (χ1v) is 21.5. The van der Waals surface area contributed by atoms with Crippen LogP contribution >= 0.6 is 11.3 Å². The fourth-order valence-electron chi connectivity index (χ4n) is 7.66. The minimum atomic E-state index is -0.615. The third kappa shape index (κ3) is 11.2. The Hall–Kier alpha value is -5.16. The zero-order valence-corrected chi connectivity index (χ0v) is 34.8. The second-order valence-electron chi connectivity index (χ2n) is 15.0. The molecule has 1 aliphatic heterocycles. The summed E-state index contributed by atoms with van der Waals surface area (Å²) in [7, 11) is 1.68. The largest absolute Gasteiger partial charge is 0.491 e. The molecule has 0 spiro atoms. The summed E-state index contributed by atoms with van der Waals surface area (Å²) in [6.07, 6.45) is -2.12. The van der Waals surface area contributed by atoms with Gasteiger partial charge in [0.05, 0.1) is 39.6 Å². The molecule has 0 bridgehead atoms. The predicted octanol–water partition coefficient (Wildman–Crippen LogP) is 10.9. The zero-order valence-electron chi connectivity index (χ0n) is 34.0. The first-order chi connectivity index (χ1) is 29.7. The first-order valence-electron chi connectivity index (χ1n) is 20.7. The molecule has 2 heterocycles. The maximum Gasteiger partial charge on any atom is 0.125 e. The quantitative estimate of drug-likeness (QED) is 0.0710. The molecule has 0 radical (unpaired) electrons. The monoisotopic (exact) mass is 820 g/mol. The Morgan fingerprint density at radius 3 is 1.67 bits per heavy atom. The number of hydrogen-bond acceptors (Lipinski definition) is 8. The van der Waals surface area contributed by atoms with Crippen molar-refractivity contribution in [2.75, 3.05) is 26.9 Å². The van der Waals surface area contributed by atoms with Gasteiger partial charge in [0.2, 0.25) is 0 Å². The van der Waals surface area contributed by atoms with Gasteiger partial charge in [-0.25, -0.2) is 0 Å². The van der Waals surface area contributed by atoms with Crippen LogP contribution in [0.4, 0.5) is 0 Å². The summed E-state index contributed by atoms with van der Waals surface area (Å²) in [4.78, 5) is 1.28. The standard InChI is InChI=1S/C52H52O7S/c1-53-28-29-55-46-27-26-42(30-44-32-43-24-14-15-25-48(43)60-44)31-45(46)49-51(57-35-40-20-10-4-11-21-40)52(58-36-41-22-12-5-13-23-41)50(56-34-39-18-8-3-9-19-39)47(59-49)37-54-33-38-16-6-2-7-17-38/h2-27,31-32,47,49-52H,28-30,33-37H2,1H3/t47-,49+,50-,51+,52+/m1/s1. The van der Waals surface area contributed by atoms with Crippen molar-refractivity contribution in [3.8, 4) is 5.75 Å². The van der Waals surface area contributed by atoms with E-state index in [1.54, 1.807) is 7.11 Å². The van der Waals surface area contributed by atoms with Crippen LogP contribution < -0.4 is 4.74 Å². The average molecular weight is 821 g/mol. The van der Waals surface area contributed by atoms with Crippen LogP contribution in [0.15, 0.2) is 170 Å². The molecule has 8 rings (SSSR count). The molecule has 1 aliphatic rings. The second kappa shape index (κ2) is 21.4. The van der Waals surface area contributed by atoms with Crippen LogP contribution in [0.2, 0.25) is 0 Å². The molecule has 7 aromatic rings. The molecule has 6 aromatic carbocycles. The van der Waals surface area contributed by atoms with E-state index in [2.05, 4.69) is 97.1 Å². The van der Waals surface area contributed by atoms with Gasteiger partial charge < -0.3 is 33.2 Å². The van der Waals surface area contributed by atoms with Gasteiger partial charge >= 0.3 is 0 Å². The van der Waals surface area contributed by atoms with Gasteiger partial charge in [-0.15, -0.1) is 11.3 Å². The number of methoxy groups -OCH3 is 1. The Balaban J connectivity index is 1.20. The molecule has 0 saturated carbocycles. The van der Waals surface area contributed by atoms with E-state index < -0.39 is 30.5 Å². The average Bonchev–Trinajstić information content (AvgIpc) is 3.71. The fraction of sp³-hybridized carbons (Fsp3) is 0.269. The third-order valence-corrected chi connectivity index (χ3v) is 11.8. The van der Waals surface area contributed by atoms with E-state index in [1.807, 2.05) is 84.1 Å². The van der Waals surface area contributed by atoms with Gasteiger partial charge in [0.15, 0.2) is 0 Å². The van der Waals surface area contributed by atoms with E-state index in [0.717, 1.165) is 39.8 Å². The van der Waals surface area contributed by atoms with Crippen molar-refractivity contribution in [3.63, 3.8) is 0 Å². The summed E-state index contributed by atoms with van der Waals surface area (Å²) in [5.74, 6) is 0.708. The SMILES string of the molecule is COCCOc1ccc(Cc2cc3ccccc3s2)cc1[C@@H]1O[C@H](COCc2ccccc2)[C@@H](OCc2ccccc2)[C@H](OCc2ccccc2)[C@H]1OCc1ccccc1. The number of rotatable bonds is 20. The molecule has 1 fully saturated rings. The summed E-state index contributed by atoms with van der Waals surface area (Å²) < 4.78 is 48.1. The molecule has 1 aromatic heterocycles. The van der Waals surface area contributed by atoms with Crippen molar-refractivity contribution >= 4 is 21.4 Å². The Labute approximate surface area is 357 Å². The molecule has 308 valence electrons. The van der Waals surface area contributed by atoms with Crippen molar-refractivity contribution in [1.29, 1.82) is 0 Å². The summed E-state index contributed by atoms with van der Waals surface area (Å²) in [5.41, 5.74) is 6.25. The second-order valence-corrected chi connectivity index (χ2v) is 16.2. The summed E-state index contributed by atoms with van der Waals surface area (Å²) in [6, 6.07) is 58.1. The molecule has 5 atom stereocenters. The molecule has 1 saturated heterocycles. The van der Waals surface area contributed by atoms with E-state index >= 15 is 0 Å². The topological polar surface area (TPSA) is 64.6 Å². The molecule has 0 amide bonds. The van der Waals surface area contributed by atoms with Crippen LogP contribution in [0, 0.1) is 0 Å². The number of benzene rings is 6. The van der Waals surface area contributed by atoms with Crippen LogP contribution in [-0.4, -0.2) is 51.3 Å². The van der Waals surface area contributed by atoms with Crippen molar-refractivity contribution in [2.45, 2.75) is 63.4 Å². The lowest BCUT2D eigenvalue weighted by Crippen LogP contribution is -2.58. The molecule has 0 aliphatic carbocycles. The van der Waals surface area contributed by atoms with Crippen LogP contribution in [0.3, 0.4) is 0 Å². The molecule has 7 nitrogen and oxygen atoms in total. The Morgan fingerprint density at radius 2 is 1.07 bits per heavy atom. The minimum Gasteiger partial charge on any atom is -0.491 e. The van der Waals surface area contributed by atoms with Crippen LogP contribution in [0.5, 0.6) is 5.75 Å². The molecule has 60 heavy (non-hydrogen) atoms. The highest BCUT2D eigenvalue weighted by atomic mass is 32.1. The summed E-state index contributed by atoms with van der Waals surface area (Å²) >= 11 is 1.82. The van der Waals surface area contributed by atoms with Crippen LogP contribution in [-0.2, 0) is 61.3 Å². The Kier molecular flexibility index (Phi) is 14.8. The molecular weight excluding hydrogens is 769 g/mol. The minimum absolute atomic E-state index is 0.267. The van der Waals surface area contributed by atoms with Gasteiger partial charge in [0.25, 0.3) is 0 Å². The zero-order chi connectivity index (χ0) is 40.8. The van der Waals surface area contributed by atoms with Gasteiger partial charge in [-0.1, -0.05) is 146 Å². The van der Waals surface area contributed by atoms with E-state index in [1.165, 1.54) is 15.0 Å². The lowest BCUT2D eigenvalue weighted by molar-refractivity contribution is -0.275. The lowest BCUT2D eigenvalue weighted by Gasteiger charge is -2.46. The van der Waals surface area contributed by atoms with E-state index in [4.69, 9.17) is 33.2 Å². The highest BCUT2D eigenvalue weighted by Gasteiger charge is 2.49. The summed E-state index contributed by atoms with van der Waals surface area (Å²) in [5, 5.41) is 1.25. The smallest absolute Gasteiger partial charge is 0.125 e. The Morgan fingerprint density at radius 1 is 0.517 bits per heavy atom. The Bertz CT molecular complexity index is 2290. The molecule has 8 heteroatoms. The summed E-state index contributed by atoms with van der Waals surface area (Å²) in [6.45, 7) is 2.58. The number of thiophene rings is 1. The van der Waals surface area contributed by atoms with E-state index in [-0.39, 0.29) is 6.61 Å². The van der Waals surface area contributed by atoms with Crippen molar-refractivity contribution in [1.82, 2.24) is 0 Å². The maximum atomic E-state index is 7.33. The molecule has 0 N–H and O–H groups in total. The van der Waals surface area contributed by atoms with Gasteiger partial charge in [-0.3, -0.25) is 0 Å². The third-order valence-electron chi connectivity index (χ3n) is 10.7. The predicted molar refractivity (Wildman–Crippen MR) is 237 cm³/mol. The molecule has 0 unspecified atom stereocenters. The van der Waals surface area contributed by atoms with Gasteiger partial charge in [0, 0.05) is 28.7 Å². The highest BCUT2D eigenvalue weighted by Crippen LogP contribution is 2.42. The van der Waals surface area contributed by atoms with E-state index in [9.17, 15) is 0 Å². The van der Waals surface area contributed by atoms with Crippen LogP contribution in [0.25, 0.3) is 10.1 Å². The fourth-order valence-corrected chi connectivity index (χ4v) is 8.76. The van der Waals surface area contributed by atoms with Crippen LogP contribution in [0.1, 0.15) is 44.4 Å². The molecular formula is C52H52O7S. The van der Waals surface area contributed by atoms with Gasteiger partial charge in [-0.05, 0) is 57.5 Å². The van der Waals surface area contributed by atoms with Gasteiger partial charge in [0.1, 0.15) is 42.9 Å². The van der Waals surface area contributed by atoms with Crippen molar-refractivity contribution < 1.29 is 33.2 Å².